The lowest BCUT2D eigenvalue weighted by molar-refractivity contribution is 0.439. The van der Waals surface area contributed by atoms with Crippen LogP contribution in [0.3, 0.4) is 0 Å². The first-order chi connectivity index (χ1) is 8.54. The summed E-state index contributed by atoms with van der Waals surface area (Å²) in [5.41, 5.74) is 3.05. The third kappa shape index (κ3) is 4.38. The molecule has 0 unspecified atom stereocenters. The highest BCUT2D eigenvalue weighted by atomic mass is 79.9. The maximum atomic E-state index is 3.73. The molecular formula is C16H24Br2. The van der Waals surface area contributed by atoms with Crippen molar-refractivity contribution < 1.29 is 0 Å². The first-order valence-corrected chi connectivity index (χ1v) is 8.97. The van der Waals surface area contributed by atoms with Gasteiger partial charge in [-0.15, -0.1) is 0 Å². The zero-order valence-electron chi connectivity index (χ0n) is 11.7. The largest absolute Gasteiger partial charge is 0.0918 e. The monoisotopic (exact) mass is 374 g/mol. The van der Waals surface area contributed by atoms with Gasteiger partial charge < -0.3 is 0 Å². The molecule has 0 N–H and O–H groups in total. The Kier molecular flexibility index (Phi) is 6.94. The summed E-state index contributed by atoms with van der Waals surface area (Å²) in [5, 5.41) is 2.04. The first-order valence-electron chi connectivity index (χ1n) is 6.73. The minimum Gasteiger partial charge on any atom is -0.0918 e. The van der Waals surface area contributed by atoms with Crippen molar-refractivity contribution in [1.82, 2.24) is 0 Å². The lowest BCUT2D eigenvalue weighted by atomic mass is 9.79. The Hall–Kier alpha value is 0.180. The Bertz CT molecular complexity index is 354. The zero-order valence-corrected chi connectivity index (χ0v) is 14.9. The molecule has 1 aromatic rings. The summed E-state index contributed by atoms with van der Waals surface area (Å²) < 4.78 is 0. The van der Waals surface area contributed by atoms with E-state index in [1.807, 2.05) is 0 Å². The quantitative estimate of drug-likeness (QED) is 0.524. The highest BCUT2D eigenvalue weighted by Crippen LogP contribution is 2.35. The second kappa shape index (κ2) is 7.69. The van der Waals surface area contributed by atoms with Crippen LogP contribution in [0.15, 0.2) is 24.3 Å². The van der Waals surface area contributed by atoms with Crippen LogP contribution in [0.2, 0.25) is 0 Å². The third-order valence-electron chi connectivity index (χ3n) is 3.58. The van der Waals surface area contributed by atoms with Crippen LogP contribution in [0, 0.1) is 12.8 Å². The molecule has 0 aliphatic carbocycles. The molecule has 0 atom stereocenters. The van der Waals surface area contributed by atoms with Crippen molar-refractivity contribution in [2.75, 3.05) is 10.7 Å². The maximum absolute atomic E-state index is 3.73. The van der Waals surface area contributed by atoms with Crippen LogP contribution in [0.25, 0.3) is 0 Å². The van der Waals surface area contributed by atoms with E-state index in [0.29, 0.717) is 0 Å². The van der Waals surface area contributed by atoms with Crippen molar-refractivity contribution >= 4 is 31.9 Å². The lowest BCUT2D eigenvalue weighted by Gasteiger charge is -2.31. The van der Waals surface area contributed by atoms with Gasteiger partial charge in [-0.05, 0) is 24.8 Å². The molecular weight excluding hydrogens is 352 g/mol. The van der Waals surface area contributed by atoms with E-state index in [1.165, 1.54) is 30.4 Å². The first kappa shape index (κ1) is 16.2. The van der Waals surface area contributed by atoms with Crippen molar-refractivity contribution in [2.24, 2.45) is 5.92 Å². The topological polar surface area (TPSA) is 0 Å². The van der Waals surface area contributed by atoms with Gasteiger partial charge in [0.1, 0.15) is 0 Å². The molecule has 0 spiro atoms. The van der Waals surface area contributed by atoms with Gasteiger partial charge in [-0.3, -0.25) is 0 Å². The van der Waals surface area contributed by atoms with E-state index in [4.69, 9.17) is 0 Å². The molecule has 0 nitrogen and oxygen atoms in total. The predicted molar refractivity (Wildman–Crippen MR) is 89.1 cm³/mol. The number of hydrogen-bond acceptors (Lipinski definition) is 0. The Balaban J connectivity index is 2.85. The van der Waals surface area contributed by atoms with Crippen molar-refractivity contribution in [1.29, 1.82) is 0 Å². The molecule has 0 aromatic heterocycles. The van der Waals surface area contributed by atoms with Crippen LogP contribution in [-0.4, -0.2) is 10.7 Å². The summed E-state index contributed by atoms with van der Waals surface area (Å²) in [4.78, 5) is 0. The van der Waals surface area contributed by atoms with Gasteiger partial charge in [0.25, 0.3) is 0 Å². The third-order valence-corrected chi connectivity index (χ3v) is 5.73. The van der Waals surface area contributed by atoms with Crippen LogP contribution < -0.4 is 0 Å². The molecule has 0 aliphatic heterocycles. The van der Waals surface area contributed by atoms with Crippen LogP contribution in [-0.2, 0) is 5.41 Å². The highest BCUT2D eigenvalue weighted by Gasteiger charge is 2.29. The molecule has 0 saturated carbocycles. The van der Waals surface area contributed by atoms with E-state index in [9.17, 15) is 0 Å². The van der Waals surface area contributed by atoms with E-state index in [1.54, 1.807) is 0 Å². The van der Waals surface area contributed by atoms with Crippen LogP contribution in [0.4, 0.5) is 0 Å². The fraction of sp³-hybridized carbons (Fsp3) is 0.625. The number of rotatable bonds is 7. The molecule has 102 valence electrons. The molecule has 0 fully saturated rings. The standard InChI is InChI=1S/C16H24Br2/c1-13(2)6-5-9-16(11-17,12-18)15-8-4-7-14(3)10-15/h4,7-8,10,13H,5-6,9,11-12H2,1-3H3. The summed E-state index contributed by atoms with van der Waals surface area (Å²) >= 11 is 7.46. The molecule has 0 bridgehead atoms. The number of aryl methyl sites for hydroxylation is 1. The molecule has 2 heteroatoms. The van der Waals surface area contributed by atoms with E-state index in [0.717, 1.165) is 16.6 Å². The van der Waals surface area contributed by atoms with Gasteiger partial charge in [0.15, 0.2) is 0 Å². The molecule has 0 radical (unpaired) electrons. The van der Waals surface area contributed by atoms with Gasteiger partial charge in [0.05, 0.1) is 0 Å². The van der Waals surface area contributed by atoms with Gasteiger partial charge in [-0.25, -0.2) is 0 Å². The van der Waals surface area contributed by atoms with E-state index >= 15 is 0 Å². The molecule has 0 heterocycles. The molecule has 0 amide bonds. The Morgan fingerprint density at radius 1 is 1.17 bits per heavy atom. The van der Waals surface area contributed by atoms with E-state index in [-0.39, 0.29) is 5.41 Å². The van der Waals surface area contributed by atoms with Crippen molar-refractivity contribution in [3.63, 3.8) is 0 Å². The fourth-order valence-electron chi connectivity index (χ4n) is 2.29. The summed E-state index contributed by atoms with van der Waals surface area (Å²) in [5.74, 6) is 0.797. The normalized spacial score (nSPS) is 12.1. The van der Waals surface area contributed by atoms with Crippen molar-refractivity contribution in [3.8, 4) is 0 Å². The molecule has 0 saturated heterocycles. The van der Waals surface area contributed by atoms with E-state index in [2.05, 4.69) is 76.9 Å². The average Bonchev–Trinajstić information content (AvgIpc) is 2.35. The minimum absolute atomic E-state index is 0.237. The maximum Gasteiger partial charge on any atom is 0.0147 e. The van der Waals surface area contributed by atoms with Crippen LogP contribution in [0.1, 0.15) is 44.2 Å². The summed E-state index contributed by atoms with van der Waals surface area (Å²) in [6.07, 6.45) is 3.85. The number of alkyl halides is 2. The summed E-state index contributed by atoms with van der Waals surface area (Å²) in [6, 6.07) is 8.95. The summed E-state index contributed by atoms with van der Waals surface area (Å²) in [6.45, 7) is 6.78. The lowest BCUT2D eigenvalue weighted by Crippen LogP contribution is -2.30. The fourth-order valence-corrected chi connectivity index (χ4v) is 4.43. The van der Waals surface area contributed by atoms with Crippen molar-refractivity contribution in [2.45, 2.75) is 45.4 Å². The predicted octanol–water partition coefficient (Wildman–Crippen LogP) is 5.85. The smallest absolute Gasteiger partial charge is 0.0147 e. The highest BCUT2D eigenvalue weighted by molar-refractivity contribution is 9.09. The van der Waals surface area contributed by atoms with Gasteiger partial charge in [0.2, 0.25) is 0 Å². The zero-order chi connectivity index (χ0) is 13.6. The van der Waals surface area contributed by atoms with Gasteiger partial charge >= 0.3 is 0 Å². The van der Waals surface area contributed by atoms with Crippen molar-refractivity contribution in [3.05, 3.63) is 35.4 Å². The average molecular weight is 376 g/mol. The Labute approximate surface area is 129 Å². The van der Waals surface area contributed by atoms with Crippen LogP contribution in [0.5, 0.6) is 0 Å². The molecule has 1 rings (SSSR count). The second-order valence-electron chi connectivity index (χ2n) is 5.70. The van der Waals surface area contributed by atoms with Gasteiger partial charge in [-0.1, -0.05) is 88.4 Å². The number of benzene rings is 1. The second-order valence-corrected chi connectivity index (χ2v) is 6.82. The molecule has 0 aliphatic rings. The van der Waals surface area contributed by atoms with Gasteiger partial charge in [0, 0.05) is 16.1 Å². The Morgan fingerprint density at radius 3 is 2.33 bits per heavy atom. The Morgan fingerprint density at radius 2 is 1.83 bits per heavy atom. The van der Waals surface area contributed by atoms with E-state index < -0.39 is 0 Å². The minimum atomic E-state index is 0.237. The summed E-state index contributed by atoms with van der Waals surface area (Å²) in [7, 11) is 0. The number of halogens is 2. The SMILES string of the molecule is Cc1cccc(C(CBr)(CBr)CCCC(C)C)c1. The molecule has 18 heavy (non-hydrogen) atoms. The number of hydrogen-bond donors (Lipinski definition) is 0. The molecule has 1 aromatic carbocycles. The van der Waals surface area contributed by atoms with Crippen LogP contribution >= 0.6 is 31.9 Å². The van der Waals surface area contributed by atoms with Gasteiger partial charge in [-0.2, -0.15) is 0 Å².